The fourth-order valence-corrected chi connectivity index (χ4v) is 1.59. The Balaban J connectivity index is 2.07. The summed E-state index contributed by atoms with van der Waals surface area (Å²) in [6.07, 6.45) is 6.22. The number of aromatic nitrogens is 2. The SMILES string of the molecule is C#CCC(N)c1nc(Cc2ccc(C)cc2)no1. The van der Waals surface area contributed by atoms with E-state index in [1.165, 1.54) is 5.56 Å². The minimum absolute atomic E-state index is 0.380. The summed E-state index contributed by atoms with van der Waals surface area (Å²) in [7, 11) is 0. The van der Waals surface area contributed by atoms with Crippen LogP contribution >= 0.6 is 0 Å². The molecule has 1 atom stereocenters. The van der Waals surface area contributed by atoms with E-state index in [9.17, 15) is 0 Å². The molecule has 0 fully saturated rings. The second-order valence-electron chi connectivity index (χ2n) is 4.23. The van der Waals surface area contributed by atoms with Crippen LogP contribution in [-0.4, -0.2) is 10.1 Å². The molecule has 2 aromatic rings. The highest BCUT2D eigenvalue weighted by molar-refractivity contribution is 5.23. The molecule has 4 nitrogen and oxygen atoms in total. The zero-order valence-corrected chi connectivity index (χ0v) is 10.3. The van der Waals surface area contributed by atoms with E-state index in [-0.39, 0.29) is 6.04 Å². The lowest BCUT2D eigenvalue weighted by atomic mass is 10.1. The Hall–Kier alpha value is -2.12. The number of aryl methyl sites for hydroxylation is 1. The molecule has 0 radical (unpaired) electrons. The molecule has 1 heterocycles. The number of rotatable bonds is 4. The largest absolute Gasteiger partial charge is 0.338 e. The molecule has 0 amide bonds. The highest BCUT2D eigenvalue weighted by Gasteiger charge is 2.13. The predicted molar refractivity (Wildman–Crippen MR) is 68.7 cm³/mol. The molecule has 0 spiro atoms. The third kappa shape index (κ3) is 2.96. The number of terminal acetylenes is 1. The molecule has 1 aromatic carbocycles. The fraction of sp³-hybridized carbons (Fsp3) is 0.286. The minimum atomic E-state index is -0.380. The molecule has 2 N–H and O–H groups in total. The van der Waals surface area contributed by atoms with Crippen LogP contribution in [0, 0.1) is 19.3 Å². The first-order valence-electron chi connectivity index (χ1n) is 5.76. The van der Waals surface area contributed by atoms with Crippen LogP contribution in [-0.2, 0) is 6.42 Å². The van der Waals surface area contributed by atoms with Crippen molar-refractivity contribution in [1.29, 1.82) is 0 Å². The third-order valence-corrected chi connectivity index (χ3v) is 2.62. The van der Waals surface area contributed by atoms with Gasteiger partial charge in [-0.3, -0.25) is 0 Å². The Labute approximate surface area is 106 Å². The molecule has 4 heteroatoms. The molecule has 0 saturated carbocycles. The van der Waals surface area contributed by atoms with Gasteiger partial charge in [0, 0.05) is 12.8 Å². The summed E-state index contributed by atoms with van der Waals surface area (Å²) in [5.74, 6) is 3.50. The number of hydrogen-bond donors (Lipinski definition) is 1. The van der Waals surface area contributed by atoms with Gasteiger partial charge in [-0.15, -0.1) is 12.3 Å². The van der Waals surface area contributed by atoms with Crippen molar-refractivity contribution >= 4 is 0 Å². The average molecular weight is 241 g/mol. The molecule has 0 saturated heterocycles. The molecule has 0 aliphatic heterocycles. The lowest BCUT2D eigenvalue weighted by molar-refractivity contribution is 0.353. The minimum Gasteiger partial charge on any atom is -0.338 e. The molecule has 18 heavy (non-hydrogen) atoms. The van der Waals surface area contributed by atoms with Gasteiger partial charge in [0.25, 0.3) is 0 Å². The van der Waals surface area contributed by atoms with E-state index in [1.807, 2.05) is 12.1 Å². The summed E-state index contributed by atoms with van der Waals surface area (Å²) in [5.41, 5.74) is 8.16. The van der Waals surface area contributed by atoms with Crippen molar-refractivity contribution in [3.8, 4) is 12.3 Å². The first-order chi connectivity index (χ1) is 8.69. The van der Waals surface area contributed by atoms with Crippen LogP contribution in [0.5, 0.6) is 0 Å². The Morgan fingerprint density at radius 2 is 2.11 bits per heavy atom. The maximum Gasteiger partial charge on any atom is 0.244 e. The number of benzene rings is 1. The first-order valence-corrected chi connectivity index (χ1v) is 5.76. The zero-order valence-electron chi connectivity index (χ0n) is 10.3. The monoisotopic (exact) mass is 241 g/mol. The van der Waals surface area contributed by atoms with Gasteiger partial charge in [0.1, 0.15) is 0 Å². The summed E-state index contributed by atoms with van der Waals surface area (Å²) in [6.45, 7) is 2.05. The second-order valence-corrected chi connectivity index (χ2v) is 4.23. The average Bonchev–Trinajstić information content (AvgIpc) is 2.81. The van der Waals surface area contributed by atoms with Crippen LogP contribution < -0.4 is 5.73 Å². The van der Waals surface area contributed by atoms with E-state index in [0.29, 0.717) is 24.6 Å². The summed E-state index contributed by atoms with van der Waals surface area (Å²) in [6, 6.07) is 7.83. The molecule has 1 unspecified atom stereocenters. The van der Waals surface area contributed by atoms with Gasteiger partial charge in [0.2, 0.25) is 5.89 Å². The van der Waals surface area contributed by atoms with Crippen molar-refractivity contribution in [1.82, 2.24) is 10.1 Å². The van der Waals surface area contributed by atoms with E-state index < -0.39 is 0 Å². The molecule has 92 valence electrons. The van der Waals surface area contributed by atoms with E-state index >= 15 is 0 Å². The van der Waals surface area contributed by atoms with E-state index in [1.54, 1.807) is 0 Å². The van der Waals surface area contributed by atoms with Gasteiger partial charge in [-0.05, 0) is 12.5 Å². The molecule has 0 aliphatic carbocycles. The van der Waals surface area contributed by atoms with E-state index in [2.05, 4.69) is 35.1 Å². The molecular formula is C14H15N3O. The Morgan fingerprint density at radius 3 is 2.78 bits per heavy atom. The highest BCUT2D eigenvalue weighted by Crippen LogP contribution is 2.13. The van der Waals surface area contributed by atoms with Crippen LogP contribution in [0.4, 0.5) is 0 Å². The predicted octanol–water partition coefficient (Wildman–Crippen LogP) is 1.99. The first kappa shape index (κ1) is 12.3. The normalized spacial score (nSPS) is 12.1. The van der Waals surface area contributed by atoms with Crippen molar-refractivity contribution in [2.75, 3.05) is 0 Å². The Bertz CT molecular complexity index is 551. The third-order valence-electron chi connectivity index (χ3n) is 2.62. The van der Waals surface area contributed by atoms with Crippen molar-refractivity contribution in [2.24, 2.45) is 5.73 Å². The van der Waals surface area contributed by atoms with Crippen molar-refractivity contribution in [2.45, 2.75) is 25.8 Å². The van der Waals surface area contributed by atoms with E-state index in [0.717, 1.165) is 5.56 Å². The topological polar surface area (TPSA) is 64.9 Å². The summed E-state index contributed by atoms with van der Waals surface area (Å²) >= 11 is 0. The lowest BCUT2D eigenvalue weighted by Crippen LogP contribution is -2.09. The molecule has 2 rings (SSSR count). The number of hydrogen-bond acceptors (Lipinski definition) is 4. The lowest BCUT2D eigenvalue weighted by Gasteiger charge is -1.99. The molecule has 0 aliphatic rings. The quantitative estimate of drug-likeness (QED) is 0.831. The van der Waals surface area contributed by atoms with Gasteiger partial charge in [-0.1, -0.05) is 35.0 Å². The second kappa shape index (κ2) is 5.48. The maximum absolute atomic E-state index is 5.79. The van der Waals surface area contributed by atoms with Crippen LogP contribution in [0.2, 0.25) is 0 Å². The van der Waals surface area contributed by atoms with Gasteiger partial charge in [-0.25, -0.2) is 0 Å². The zero-order chi connectivity index (χ0) is 13.0. The van der Waals surface area contributed by atoms with Gasteiger partial charge < -0.3 is 10.3 Å². The Morgan fingerprint density at radius 1 is 1.39 bits per heavy atom. The van der Waals surface area contributed by atoms with Crippen LogP contribution in [0.25, 0.3) is 0 Å². The van der Waals surface area contributed by atoms with Crippen LogP contribution in [0.15, 0.2) is 28.8 Å². The molecule has 0 bridgehead atoms. The number of nitrogens with zero attached hydrogens (tertiary/aromatic N) is 2. The summed E-state index contributed by atoms with van der Waals surface area (Å²) in [4.78, 5) is 4.25. The highest BCUT2D eigenvalue weighted by atomic mass is 16.5. The standard InChI is InChI=1S/C14H15N3O/c1-3-4-12(15)14-16-13(17-18-14)9-11-7-5-10(2)6-8-11/h1,5-8,12H,4,9,15H2,2H3. The van der Waals surface area contributed by atoms with Gasteiger partial charge >= 0.3 is 0 Å². The van der Waals surface area contributed by atoms with Gasteiger partial charge in [0.15, 0.2) is 5.82 Å². The fourth-order valence-electron chi connectivity index (χ4n) is 1.59. The molecule has 1 aromatic heterocycles. The number of nitrogens with two attached hydrogens (primary N) is 1. The molecular weight excluding hydrogens is 226 g/mol. The van der Waals surface area contributed by atoms with Crippen LogP contribution in [0.3, 0.4) is 0 Å². The smallest absolute Gasteiger partial charge is 0.244 e. The van der Waals surface area contributed by atoms with Gasteiger partial charge in [-0.2, -0.15) is 4.98 Å². The van der Waals surface area contributed by atoms with Gasteiger partial charge in [0.05, 0.1) is 6.04 Å². The maximum atomic E-state index is 5.79. The van der Waals surface area contributed by atoms with Crippen LogP contribution in [0.1, 0.15) is 35.3 Å². The van der Waals surface area contributed by atoms with Crippen molar-refractivity contribution in [3.63, 3.8) is 0 Å². The summed E-state index contributed by atoms with van der Waals surface area (Å²) in [5, 5.41) is 3.90. The summed E-state index contributed by atoms with van der Waals surface area (Å²) < 4.78 is 5.09. The Kier molecular flexibility index (Phi) is 3.75. The van der Waals surface area contributed by atoms with E-state index in [4.69, 9.17) is 16.7 Å². The van der Waals surface area contributed by atoms with Crippen molar-refractivity contribution in [3.05, 3.63) is 47.1 Å². The van der Waals surface area contributed by atoms with Crippen molar-refractivity contribution < 1.29 is 4.52 Å².